The van der Waals surface area contributed by atoms with Gasteiger partial charge in [-0.25, -0.2) is 4.98 Å². The summed E-state index contributed by atoms with van der Waals surface area (Å²) >= 11 is 0. The van der Waals surface area contributed by atoms with E-state index in [-0.39, 0.29) is 18.0 Å². The number of hydrogen-bond acceptors (Lipinski definition) is 3. The van der Waals surface area contributed by atoms with Gasteiger partial charge < -0.3 is 4.90 Å². The Hall–Kier alpha value is -3.73. The first-order chi connectivity index (χ1) is 15.2. The SMILES string of the molecule is O=C(Cn1c(=O)cnc2ccccc21)N(CCc1ccccc1)CCc1ccccc1. The van der Waals surface area contributed by atoms with Gasteiger partial charge in [-0.3, -0.25) is 14.2 Å². The maximum atomic E-state index is 13.3. The van der Waals surface area contributed by atoms with Crippen LogP contribution in [0, 0.1) is 0 Å². The molecular weight excluding hydrogens is 386 g/mol. The van der Waals surface area contributed by atoms with Crippen molar-refractivity contribution in [3.63, 3.8) is 0 Å². The molecule has 1 heterocycles. The van der Waals surface area contributed by atoms with Crippen molar-refractivity contribution in [3.8, 4) is 0 Å². The maximum Gasteiger partial charge on any atom is 0.269 e. The fourth-order valence-corrected chi connectivity index (χ4v) is 3.69. The zero-order valence-electron chi connectivity index (χ0n) is 17.4. The van der Waals surface area contributed by atoms with Crippen LogP contribution in [-0.2, 0) is 24.2 Å². The highest BCUT2D eigenvalue weighted by molar-refractivity contribution is 5.80. The zero-order valence-corrected chi connectivity index (χ0v) is 17.4. The lowest BCUT2D eigenvalue weighted by Gasteiger charge is -2.24. The molecule has 0 aliphatic rings. The number of carbonyl (C=O) groups is 1. The highest BCUT2D eigenvalue weighted by Crippen LogP contribution is 2.10. The number of amides is 1. The molecule has 0 N–H and O–H groups in total. The van der Waals surface area contributed by atoms with E-state index in [1.807, 2.05) is 65.6 Å². The number of rotatable bonds is 8. The van der Waals surface area contributed by atoms with E-state index in [2.05, 4.69) is 29.2 Å². The van der Waals surface area contributed by atoms with Crippen LogP contribution in [0.1, 0.15) is 11.1 Å². The normalized spacial score (nSPS) is 10.8. The van der Waals surface area contributed by atoms with Gasteiger partial charge in [0.25, 0.3) is 5.56 Å². The lowest BCUT2D eigenvalue weighted by atomic mass is 10.1. The first kappa shape index (κ1) is 20.5. The van der Waals surface area contributed by atoms with Crippen LogP contribution in [0.5, 0.6) is 0 Å². The van der Waals surface area contributed by atoms with Crippen molar-refractivity contribution in [2.75, 3.05) is 13.1 Å². The van der Waals surface area contributed by atoms with Crippen molar-refractivity contribution in [1.82, 2.24) is 14.5 Å². The molecule has 1 aromatic heterocycles. The molecule has 0 unspecified atom stereocenters. The number of para-hydroxylation sites is 2. The van der Waals surface area contributed by atoms with Crippen LogP contribution in [-0.4, -0.2) is 33.4 Å². The molecule has 5 heteroatoms. The Kier molecular flexibility index (Phi) is 6.53. The molecule has 0 saturated heterocycles. The lowest BCUT2D eigenvalue weighted by Crippen LogP contribution is -2.39. The summed E-state index contributed by atoms with van der Waals surface area (Å²) < 4.78 is 1.52. The van der Waals surface area contributed by atoms with Crippen LogP contribution in [0.15, 0.2) is 95.9 Å². The molecule has 0 atom stereocenters. The lowest BCUT2D eigenvalue weighted by molar-refractivity contribution is -0.131. The molecule has 31 heavy (non-hydrogen) atoms. The van der Waals surface area contributed by atoms with Crippen molar-refractivity contribution in [3.05, 3.63) is 113 Å². The third-order valence-corrected chi connectivity index (χ3v) is 5.43. The molecule has 0 aliphatic carbocycles. The van der Waals surface area contributed by atoms with E-state index in [9.17, 15) is 9.59 Å². The van der Waals surface area contributed by atoms with Gasteiger partial charge in [0.05, 0.1) is 17.2 Å². The summed E-state index contributed by atoms with van der Waals surface area (Å²) in [6.45, 7) is 1.21. The molecule has 4 aromatic rings. The van der Waals surface area contributed by atoms with Crippen LogP contribution in [0.3, 0.4) is 0 Å². The van der Waals surface area contributed by atoms with E-state index in [0.29, 0.717) is 24.1 Å². The van der Waals surface area contributed by atoms with Gasteiger partial charge in [0.2, 0.25) is 5.91 Å². The zero-order chi connectivity index (χ0) is 21.5. The number of aromatic nitrogens is 2. The average molecular weight is 412 g/mol. The summed E-state index contributed by atoms with van der Waals surface area (Å²) in [6, 6.07) is 27.7. The fraction of sp³-hybridized carbons (Fsp3) is 0.192. The molecule has 1 amide bonds. The Bertz CT molecular complexity index is 1160. The second-order valence-electron chi connectivity index (χ2n) is 7.52. The van der Waals surface area contributed by atoms with Gasteiger partial charge in [0.1, 0.15) is 6.54 Å². The second-order valence-corrected chi connectivity index (χ2v) is 7.52. The molecule has 5 nitrogen and oxygen atoms in total. The van der Waals surface area contributed by atoms with Gasteiger partial charge in [-0.05, 0) is 36.1 Å². The van der Waals surface area contributed by atoms with Crippen LogP contribution >= 0.6 is 0 Å². The van der Waals surface area contributed by atoms with E-state index in [1.54, 1.807) is 0 Å². The average Bonchev–Trinajstić information content (AvgIpc) is 2.82. The van der Waals surface area contributed by atoms with E-state index in [4.69, 9.17) is 0 Å². The number of fused-ring (bicyclic) bond motifs is 1. The Morgan fingerprint density at radius 2 is 1.32 bits per heavy atom. The van der Waals surface area contributed by atoms with Crippen molar-refractivity contribution in [1.29, 1.82) is 0 Å². The quantitative estimate of drug-likeness (QED) is 0.444. The van der Waals surface area contributed by atoms with E-state index in [0.717, 1.165) is 12.8 Å². The Labute approximate surface area is 181 Å². The summed E-state index contributed by atoms with van der Waals surface area (Å²) in [5.41, 5.74) is 3.49. The van der Waals surface area contributed by atoms with Gasteiger partial charge in [0, 0.05) is 13.1 Å². The molecule has 4 rings (SSSR count). The molecule has 0 spiro atoms. The number of benzene rings is 3. The van der Waals surface area contributed by atoms with Crippen molar-refractivity contribution < 1.29 is 4.79 Å². The van der Waals surface area contributed by atoms with Gasteiger partial charge in [0.15, 0.2) is 0 Å². The van der Waals surface area contributed by atoms with E-state index in [1.165, 1.54) is 21.9 Å². The van der Waals surface area contributed by atoms with Crippen molar-refractivity contribution in [2.45, 2.75) is 19.4 Å². The summed E-state index contributed by atoms with van der Waals surface area (Å²) in [5, 5.41) is 0. The van der Waals surface area contributed by atoms with Crippen LogP contribution < -0.4 is 5.56 Å². The smallest absolute Gasteiger partial charge is 0.269 e. The third-order valence-electron chi connectivity index (χ3n) is 5.43. The first-order valence-corrected chi connectivity index (χ1v) is 10.5. The van der Waals surface area contributed by atoms with E-state index < -0.39 is 0 Å². The molecule has 0 fully saturated rings. The van der Waals surface area contributed by atoms with Crippen molar-refractivity contribution in [2.24, 2.45) is 0 Å². The highest BCUT2D eigenvalue weighted by Gasteiger charge is 2.16. The monoisotopic (exact) mass is 411 g/mol. The molecule has 0 saturated carbocycles. The topological polar surface area (TPSA) is 55.2 Å². The summed E-state index contributed by atoms with van der Waals surface area (Å²) in [7, 11) is 0. The standard InChI is InChI=1S/C26H25N3O2/c30-25-19-27-23-13-7-8-14-24(23)29(25)20-26(31)28(17-15-21-9-3-1-4-10-21)18-16-22-11-5-2-6-12-22/h1-14,19H,15-18,20H2. The third kappa shape index (κ3) is 5.25. The largest absolute Gasteiger partial charge is 0.340 e. The predicted octanol–water partition coefficient (Wildman–Crippen LogP) is 3.71. The number of hydrogen-bond donors (Lipinski definition) is 0. The molecular formula is C26H25N3O2. The number of carbonyl (C=O) groups excluding carboxylic acids is 1. The second kappa shape index (κ2) is 9.85. The van der Waals surface area contributed by atoms with Gasteiger partial charge in [-0.1, -0.05) is 72.8 Å². The summed E-state index contributed by atoms with van der Waals surface area (Å²) in [5.74, 6) is -0.0645. The number of nitrogens with zero attached hydrogens (tertiary/aromatic N) is 3. The highest BCUT2D eigenvalue weighted by atomic mass is 16.2. The molecule has 3 aromatic carbocycles. The molecule has 0 bridgehead atoms. The van der Waals surface area contributed by atoms with Gasteiger partial charge >= 0.3 is 0 Å². The minimum Gasteiger partial charge on any atom is -0.340 e. The fourth-order valence-electron chi connectivity index (χ4n) is 3.69. The molecule has 156 valence electrons. The minimum atomic E-state index is -0.266. The molecule has 0 radical (unpaired) electrons. The minimum absolute atomic E-state index is 0.00540. The first-order valence-electron chi connectivity index (χ1n) is 10.5. The van der Waals surface area contributed by atoms with Gasteiger partial charge in [-0.2, -0.15) is 0 Å². The van der Waals surface area contributed by atoms with E-state index >= 15 is 0 Å². The summed E-state index contributed by atoms with van der Waals surface area (Å²) in [4.78, 5) is 31.8. The van der Waals surface area contributed by atoms with Crippen molar-refractivity contribution >= 4 is 16.9 Å². The predicted molar refractivity (Wildman–Crippen MR) is 123 cm³/mol. The maximum absolute atomic E-state index is 13.3. The van der Waals surface area contributed by atoms with Crippen LogP contribution in [0.4, 0.5) is 0 Å². The van der Waals surface area contributed by atoms with Crippen LogP contribution in [0.2, 0.25) is 0 Å². The van der Waals surface area contributed by atoms with Crippen LogP contribution in [0.25, 0.3) is 11.0 Å². The Morgan fingerprint density at radius 3 is 1.94 bits per heavy atom. The molecule has 0 aliphatic heterocycles. The Balaban J connectivity index is 1.54. The summed E-state index contributed by atoms with van der Waals surface area (Å²) in [6.07, 6.45) is 2.83. The Morgan fingerprint density at radius 1 is 0.774 bits per heavy atom. The van der Waals surface area contributed by atoms with Gasteiger partial charge in [-0.15, -0.1) is 0 Å².